The van der Waals surface area contributed by atoms with E-state index >= 15 is 0 Å². The minimum absolute atomic E-state index is 0.0266. The van der Waals surface area contributed by atoms with Crippen molar-refractivity contribution in [3.8, 4) is 11.6 Å². The van der Waals surface area contributed by atoms with E-state index in [1.54, 1.807) is 37.4 Å². The lowest BCUT2D eigenvalue weighted by molar-refractivity contribution is -0.244. The first-order chi connectivity index (χ1) is 27.3. The number of amides is 4. The first-order valence-corrected chi connectivity index (χ1v) is 21.4. The van der Waals surface area contributed by atoms with E-state index in [-0.39, 0.29) is 31.2 Å². The SMILES string of the molecule is CCOc1ccc2c(O[C@@H]3C[C@H]4C(=O)N[C@]5(C(=O)NS(=O)(=O)C6CC6)C[C@H]5/C=C\CC[C@H](C)C[C@@H](CC)[C@H](NC(=O)OC(C)(C)C(F)(F)F)C(=O)N4C3)nccc2c1. The molecule has 0 bridgehead atoms. The second kappa shape index (κ2) is 16.6. The molecule has 0 spiro atoms. The lowest BCUT2D eigenvalue weighted by atomic mass is 9.85. The maximum absolute atomic E-state index is 14.9. The number of pyridine rings is 1. The van der Waals surface area contributed by atoms with Gasteiger partial charge in [0.1, 0.15) is 29.5 Å². The molecule has 14 nitrogen and oxygen atoms in total. The fourth-order valence-corrected chi connectivity index (χ4v) is 9.16. The standard InChI is InChI=1S/C40H52F3N5O9S/c1-6-24-18-23(3)10-8-9-11-26-21-39(26,36(51)47-58(53,54)29-13-14-29)46-33(49)31-20-28(56-34-30-15-12-27(55-7-2)19-25(30)16-17-44-34)22-48(31)35(50)32(24)45-37(52)57-38(4,5)40(41,42)43/h9,11-12,15-17,19,23-24,26,28-29,31-32H,6-8,10,13-14,18,20-22H2,1-5H3,(H,45,52)(H,46,49)(H,47,51)/b11-9-/t23-,24+,26+,28+,31-,32-,39+/m0/s1. The summed E-state index contributed by atoms with van der Waals surface area (Å²) in [5, 5.41) is 5.91. The lowest BCUT2D eigenvalue weighted by Gasteiger charge is -2.35. The molecule has 3 fully saturated rings. The van der Waals surface area contributed by atoms with Gasteiger partial charge in [-0.3, -0.25) is 19.1 Å². The molecule has 1 saturated heterocycles. The smallest absolute Gasteiger partial charge is 0.427 e. The molecule has 6 rings (SSSR count). The summed E-state index contributed by atoms with van der Waals surface area (Å²) in [5.74, 6) is -2.70. The Kier molecular flexibility index (Phi) is 12.3. The van der Waals surface area contributed by atoms with Crippen LogP contribution in [0.2, 0.25) is 0 Å². The van der Waals surface area contributed by atoms with Crippen LogP contribution in [0.4, 0.5) is 18.0 Å². The van der Waals surface area contributed by atoms with Gasteiger partial charge in [-0.25, -0.2) is 18.2 Å². The number of sulfonamides is 1. The van der Waals surface area contributed by atoms with Crippen LogP contribution < -0.4 is 24.8 Å². The maximum atomic E-state index is 14.9. The van der Waals surface area contributed by atoms with Gasteiger partial charge in [-0.05, 0) is 101 Å². The fraction of sp³-hybridized carbons (Fsp3) is 0.625. The molecule has 2 aliphatic carbocycles. The number of nitrogens with zero attached hydrogens (tertiary/aromatic N) is 2. The normalized spacial score (nSPS) is 28.9. The number of carbonyl (C=O) groups excluding carboxylic acids is 4. The number of halogens is 3. The van der Waals surface area contributed by atoms with Crippen LogP contribution in [0.25, 0.3) is 10.8 Å². The Bertz CT molecular complexity index is 2040. The van der Waals surface area contributed by atoms with E-state index in [1.165, 1.54) is 4.90 Å². The van der Waals surface area contributed by atoms with Gasteiger partial charge in [-0.15, -0.1) is 0 Å². The second-order valence-electron chi connectivity index (χ2n) is 16.4. The van der Waals surface area contributed by atoms with Crippen molar-refractivity contribution in [2.75, 3.05) is 13.2 Å². The van der Waals surface area contributed by atoms with Crippen molar-refractivity contribution in [2.45, 2.75) is 127 Å². The monoisotopic (exact) mass is 835 g/mol. The summed E-state index contributed by atoms with van der Waals surface area (Å²) in [6, 6.07) is 4.40. The minimum Gasteiger partial charge on any atom is -0.494 e. The molecule has 0 unspecified atom stereocenters. The molecular weight excluding hydrogens is 784 g/mol. The Morgan fingerprint density at radius 1 is 1.09 bits per heavy atom. The molecule has 0 radical (unpaired) electrons. The first-order valence-electron chi connectivity index (χ1n) is 19.9. The number of hydrogen-bond donors (Lipinski definition) is 3. The molecule has 1 aromatic heterocycles. The average molecular weight is 836 g/mol. The molecule has 4 amide bonds. The predicted molar refractivity (Wildman–Crippen MR) is 206 cm³/mol. The quantitative estimate of drug-likeness (QED) is 0.266. The highest BCUT2D eigenvalue weighted by Crippen LogP contribution is 2.46. The zero-order valence-electron chi connectivity index (χ0n) is 33.3. The van der Waals surface area contributed by atoms with Crippen LogP contribution in [0.3, 0.4) is 0 Å². The second-order valence-corrected chi connectivity index (χ2v) is 18.4. The number of allylic oxidation sites excluding steroid dienone is 1. The number of aromatic nitrogens is 1. The van der Waals surface area contributed by atoms with Gasteiger partial charge in [0.15, 0.2) is 0 Å². The third-order valence-electron chi connectivity index (χ3n) is 11.6. The molecule has 3 heterocycles. The number of alkyl halides is 3. The van der Waals surface area contributed by atoms with Crippen LogP contribution in [0.5, 0.6) is 11.6 Å². The van der Waals surface area contributed by atoms with Crippen molar-refractivity contribution in [3.63, 3.8) is 0 Å². The molecule has 2 saturated carbocycles. The van der Waals surface area contributed by atoms with E-state index in [0.717, 1.165) is 5.39 Å². The summed E-state index contributed by atoms with van der Waals surface area (Å²) < 4.78 is 86.2. The van der Waals surface area contributed by atoms with Crippen LogP contribution in [-0.4, -0.2) is 96.0 Å². The van der Waals surface area contributed by atoms with E-state index in [0.29, 0.717) is 70.1 Å². The summed E-state index contributed by atoms with van der Waals surface area (Å²) in [7, 11) is -3.98. The van der Waals surface area contributed by atoms with Gasteiger partial charge in [-0.1, -0.05) is 32.4 Å². The number of fused-ring (bicyclic) bond motifs is 3. The van der Waals surface area contributed by atoms with Crippen LogP contribution in [0.1, 0.15) is 86.0 Å². The number of hydrogen-bond acceptors (Lipinski definition) is 10. The van der Waals surface area contributed by atoms with Crippen molar-refractivity contribution in [1.82, 2.24) is 25.2 Å². The van der Waals surface area contributed by atoms with Gasteiger partial charge in [0.25, 0.3) is 5.91 Å². The van der Waals surface area contributed by atoms with Gasteiger partial charge >= 0.3 is 12.3 Å². The van der Waals surface area contributed by atoms with Gasteiger partial charge < -0.3 is 29.7 Å². The molecule has 18 heteroatoms. The number of rotatable bonds is 10. The third kappa shape index (κ3) is 9.31. The average Bonchev–Trinajstić information content (AvgIpc) is 4.07. The first kappa shape index (κ1) is 43.0. The molecular formula is C40H52F3N5O9S. The van der Waals surface area contributed by atoms with E-state index < -0.39 is 86.4 Å². The highest BCUT2D eigenvalue weighted by Gasteiger charge is 2.62. The lowest BCUT2D eigenvalue weighted by Crippen LogP contribution is -2.59. The molecule has 4 aliphatic rings. The Labute approximate surface area is 336 Å². The Morgan fingerprint density at radius 3 is 2.50 bits per heavy atom. The van der Waals surface area contributed by atoms with Gasteiger partial charge in [-0.2, -0.15) is 13.2 Å². The zero-order valence-corrected chi connectivity index (χ0v) is 34.1. The Hall–Kier alpha value is -4.61. The van der Waals surface area contributed by atoms with Crippen molar-refractivity contribution in [1.29, 1.82) is 0 Å². The summed E-state index contributed by atoms with van der Waals surface area (Å²) >= 11 is 0. The summed E-state index contributed by atoms with van der Waals surface area (Å²) in [4.78, 5) is 62.0. The van der Waals surface area contributed by atoms with Crippen LogP contribution in [0, 0.1) is 17.8 Å². The summed E-state index contributed by atoms with van der Waals surface area (Å²) in [6.45, 7) is 7.28. The van der Waals surface area contributed by atoms with Crippen LogP contribution in [0.15, 0.2) is 42.6 Å². The molecule has 318 valence electrons. The molecule has 1 aromatic carbocycles. The van der Waals surface area contributed by atoms with E-state index in [1.807, 2.05) is 26.0 Å². The Morgan fingerprint density at radius 2 is 1.83 bits per heavy atom. The van der Waals surface area contributed by atoms with Crippen molar-refractivity contribution >= 4 is 44.6 Å². The molecule has 2 aromatic rings. The maximum Gasteiger partial charge on any atom is 0.427 e. The van der Waals surface area contributed by atoms with E-state index in [4.69, 9.17) is 14.2 Å². The number of alkyl carbamates (subject to hydrolysis) is 1. The number of benzene rings is 1. The minimum atomic E-state index is -4.91. The van der Waals surface area contributed by atoms with E-state index in [2.05, 4.69) is 20.3 Å². The van der Waals surface area contributed by atoms with Crippen molar-refractivity contribution in [2.24, 2.45) is 17.8 Å². The molecule has 7 atom stereocenters. The fourth-order valence-electron chi connectivity index (χ4n) is 7.80. The van der Waals surface area contributed by atoms with Crippen molar-refractivity contribution in [3.05, 3.63) is 42.6 Å². The molecule has 3 N–H and O–H groups in total. The van der Waals surface area contributed by atoms with Gasteiger partial charge in [0.05, 0.1) is 18.4 Å². The predicted octanol–water partition coefficient (Wildman–Crippen LogP) is 5.30. The highest BCUT2D eigenvalue weighted by molar-refractivity contribution is 7.91. The van der Waals surface area contributed by atoms with Crippen molar-refractivity contribution < 1.29 is 55.0 Å². The van der Waals surface area contributed by atoms with Crippen LogP contribution in [-0.2, 0) is 29.1 Å². The largest absolute Gasteiger partial charge is 0.494 e. The number of carbonyl (C=O) groups is 4. The molecule has 58 heavy (non-hydrogen) atoms. The van der Waals surface area contributed by atoms with Gasteiger partial charge in [0, 0.05) is 23.9 Å². The number of nitrogens with one attached hydrogen (secondary N) is 3. The summed E-state index contributed by atoms with van der Waals surface area (Å²) in [6.07, 6.45) is 0.745. The highest BCUT2D eigenvalue weighted by atomic mass is 32.2. The topological polar surface area (TPSA) is 182 Å². The van der Waals surface area contributed by atoms with Crippen LogP contribution >= 0.6 is 0 Å². The third-order valence-corrected chi connectivity index (χ3v) is 13.4. The summed E-state index contributed by atoms with van der Waals surface area (Å²) in [5.41, 5.74) is -4.51. The zero-order chi connectivity index (χ0) is 42.2. The van der Waals surface area contributed by atoms with Gasteiger partial charge in [0.2, 0.25) is 33.3 Å². The molecule has 2 aliphatic heterocycles. The number of ether oxygens (including phenoxy) is 3. The Balaban J connectivity index is 1.36. The van der Waals surface area contributed by atoms with E-state index in [9.17, 15) is 40.8 Å².